The molecule has 0 saturated heterocycles. The van der Waals surface area contributed by atoms with E-state index in [9.17, 15) is 0 Å². The van der Waals surface area contributed by atoms with E-state index in [-0.39, 0.29) is 0 Å². The fraction of sp³-hybridized carbons (Fsp3) is 0.273. The van der Waals surface area contributed by atoms with Crippen LogP contribution in [0.5, 0.6) is 0 Å². The molecule has 2 aromatic heterocycles. The summed E-state index contributed by atoms with van der Waals surface area (Å²) in [5, 5.41) is 0.657. The molecule has 0 aliphatic heterocycles. The Balaban J connectivity index is 2.20. The van der Waals surface area contributed by atoms with Crippen LogP contribution in [0.2, 0.25) is 0 Å². The third kappa shape index (κ3) is 2.43. The van der Waals surface area contributed by atoms with E-state index >= 15 is 0 Å². The van der Waals surface area contributed by atoms with Gasteiger partial charge in [-0.15, -0.1) is 0 Å². The van der Waals surface area contributed by atoms with Crippen LogP contribution in [-0.4, -0.2) is 9.97 Å². The Labute approximate surface area is 98.3 Å². The summed E-state index contributed by atoms with van der Waals surface area (Å²) >= 11 is 1.48. The molecule has 0 bridgehead atoms. The van der Waals surface area contributed by atoms with Gasteiger partial charge in [0.25, 0.3) is 5.22 Å². The van der Waals surface area contributed by atoms with Crippen LogP contribution in [-0.2, 0) is 6.54 Å². The first-order valence-corrected chi connectivity index (χ1v) is 5.77. The highest BCUT2D eigenvalue weighted by molar-refractivity contribution is 7.99. The van der Waals surface area contributed by atoms with Crippen molar-refractivity contribution in [1.82, 2.24) is 9.97 Å². The summed E-state index contributed by atoms with van der Waals surface area (Å²) in [4.78, 5) is 9.48. The molecule has 0 saturated carbocycles. The molecule has 0 radical (unpaired) electrons. The first-order chi connectivity index (χ1) is 7.69. The lowest BCUT2D eigenvalue weighted by atomic mass is 10.3. The van der Waals surface area contributed by atoms with Gasteiger partial charge in [0, 0.05) is 17.6 Å². The predicted molar refractivity (Wildman–Crippen MR) is 62.2 cm³/mol. The number of oxazole rings is 1. The zero-order chi connectivity index (χ0) is 11.5. The van der Waals surface area contributed by atoms with Crippen LogP contribution < -0.4 is 5.73 Å². The minimum Gasteiger partial charge on any atom is -0.436 e. The molecule has 0 unspecified atom stereocenters. The topological polar surface area (TPSA) is 64.9 Å². The second kappa shape index (κ2) is 4.67. The standard InChI is InChI=1S/C11H13N3OS/c1-7-8(2)15-11(14-7)16-10-3-4-13-9(5-10)6-12/h3-5H,6,12H2,1-2H3. The Kier molecular flexibility index (Phi) is 3.26. The molecule has 0 atom stereocenters. The minimum atomic E-state index is 0.442. The van der Waals surface area contributed by atoms with Crippen LogP contribution in [0.3, 0.4) is 0 Å². The van der Waals surface area contributed by atoms with Crippen molar-refractivity contribution in [1.29, 1.82) is 0 Å². The molecule has 16 heavy (non-hydrogen) atoms. The molecule has 0 amide bonds. The SMILES string of the molecule is Cc1nc(Sc2ccnc(CN)c2)oc1C. The van der Waals surface area contributed by atoms with Gasteiger partial charge in [-0.3, -0.25) is 4.98 Å². The third-order valence-electron chi connectivity index (χ3n) is 2.21. The van der Waals surface area contributed by atoms with Crippen LogP contribution in [0.4, 0.5) is 0 Å². The first kappa shape index (κ1) is 11.2. The summed E-state index contributed by atoms with van der Waals surface area (Å²) in [6, 6.07) is 3.86. The number of hydrogen-bond donors (Lipinski definition) is 1. The molecule has 0 aliphatic carbocycles. The van der Waals surface area contributed by atoms with Crippen molar-refractivity contribution in [2.75, 3.05) is 0 Å². The Bertz CT molecular complexity index is 476. The minimum absolute atomic E-state index is 0.442. The summed E-state index contributed by atoms with van der Waals surface area (Å²) in [6.45, 7) is 4.28. The van der Waals surface area contributed by atoms with Gasteiger partial charge in [-0.25, -0.2) is 4.98 Å². The Morgan fingerprint density at radius 1 is 1.44 bits per heavy atom. The maximum Gasteiger partial charge on any atom is 0.260 e. The van der Waals surface area contributed by atoms with E-state index in [1.54, 1.807) is 6.20 Å². The van der Waals surface area contributed by atoms with Gasteiger partial charge in [-0.05, 0) is 37.7 Å². The van der Waals surface area contributed by atoms with E-state index in [0.717, 1.165) is 22.0 Å². The van der Waals surface area contributed by atoms with Gasteiger partial charge in [0.2, 0.25) is 0 Å². The summed E-state index contributed by atoms with van der Waals surface area (Å²) in [5.41, 5.74) is 7.32. The zero-order valence-corrected chi connectivity index (χ0v) is 10.0. The molecular weight excluding hydrogens is 222 g/mol. The van der Waals surface area contributed by atoms with Gasteiger partial charge in [0.1, 0.15) is 5.76 Å². The van der Waals surface area contributed by atoms with E-state index in [1.165, 1.54) is 11.8 Å². The Morgan fingerprint density at radius 3 is 2.88 bits per heavy atom. The second-order valence-electron chi connectivity index (χ2n) is 3.41. The number of hydrogen-bond acceptors (Lipinski definition) is 5. The Hall–Kier alpha value is -1.33. The van der Waals surface area contributed by atoms with Gasteiger partial charge in [0.15, 0.2) is 0 Å². The summed E-state index contributed by atoms with van der Waals surface area (Å²) in [5.74, 6) is 0.857. The van der Waals surface area contributed by atoms with E-state index in [1.807, 2.05) is 26.0 Å². The van der Waals surface area contributed by atoms with Gasteiger partial charge < -0.3 is 10.2 Å². The molecule has 0 aliphatic rings. The van der Waals surface area contributed by atoms with Crippen LogP contribution in [0.1, 0.15) is 17.1 Å². The molecular formula is C11H13N3OS. The Morgan fingerprint density at radius 2 is 2.25 bits per heavy atom. The third-order valence-corrected chi connectivity index (χ3v) is 3.05. The fourth-order valence-corrected chi connectivity index (χ4v) is 2.09. The second-order valence-corrected chi connectivity index (χ2v) is 4.44. The lowest BCUT2D eigenvalue weighted by Crippen LogP contribution is -1.98. The molecule has 0 fully saturated rings. The van der Waals surface area contributed by atoms with Crippen LogP contribution >= 0.6 is 11.8 Å². The van der Waals surface area contributed by atoms with Gasteiger partial charge in [0.05, 0.1) is 11.4 Å². The van der Waals surface area contributed by atoms with E-state index in [4.69, 9.17) is 10.2 Å². The first-order valence-electron chi connectivity index (χ1n) is 4.96. The lowest BCUT2D eigenvalue weighted by molar-refractivity contribution is 0.431. The molecule has 0 aromatic carbocycles. The molecule has 2 rings (SSSR count). The highest BCUT2D eigenvalue weighted by Gasteiger charge is 2.07. The van der Waals surface area contributed by atoms with Crippen molar-refractivity contribution in [3.8, 4) is 0 Å². The fourth-order valence-electron chi connectivity index (χ4n) is 1.22. The van der Waals surface area contributed by atoms with Crippen molar-refractivity contribution in [3.63, 3.8) is 0 Å². The molecule has 0 spiro atoms. The number of nitrogens with two attached hydrogens (primary N) is 1. The van der Waals surface area contributed by atoms with E-state index in [2.05, 4.69) is 9.97 Å². The summed E-state index contributed by atoms with van der Waals surface area (Å²) in [7, 11) is 0. The number of rotatable bonds is 3. The summed E-state index contributed by atoms with van der Waals surface area (Å²) in [6.07, 6.45) is 1.74. The average molecular weight is 235 g/mol. The average Bonchev–Trinajstić information content (AvgIpc) is 2.58. The molecule has 2 heterocycles. The molecule has 4 nitrogen and oxygen atoms in total. The number of aromatic nitrogens is 2. The quantitative estimate of drug-likeness (QED) is 0.884. The van der Waals surface area contributed by atoms with Crippen LogP contribution in [0, 0.1) is 13.8 Å². The van der Waals surface area contributed by atoms with Crippen molar-refractivity contribution >= 4 is 11.8 Å². The van der Waals surface area contributed by atoms with Crippen molar-refractivity contribution in [2.24, 2.45) is 5.73 Å². The normalized spacial score (nSPS) is 10.7. The van der Waals surface area contributed by atoms with E-state index < -0.39 is 0 Å². The van der Waals surface area contributed by atoms with Gasteiger partial charge in [-0.1, -0.05) is 0 Å². The lowest BCUT2D eigenvalue weighted by Gasteiger charge is -1.99. The maximum atomic E-state index is 5.53. The zero-order valence-electron chi connectivity index (χ0n) is 9.23. The maximum absolute atomic E-state index is 5.53. The summed E-state index contributed by atoms with van der Waals surface area (Å²) < 4.78 is 5.49. The number of nitrogens with zero attached hydrogens (tertiary/aromatic N) is 2. The molecule has 84 valence electrons. The molecule has 2 N–H and O–H groups in total. The number of aryl methyl sites for hydroxylation is 2. The largest absolute Gasteiger partial charge is 0.436 e. The van der Waals surface area contributed by atoms with Gasteiger partial charge >= 0.3 is 0 Å². The smallest absolute Gasteiger partial charge is 0.260 e. The van der Waals surface area contributed by atoms with Crippen LogP contribution in [0.15, 0.2) is 32.9 Å². The number of pyridine rings is 1. The predicted octanol–water partition coefficient (Wildman–Crippen LogP) is 2.30. The van der Waals surface area contributed by atoms with Crippen molar-refractivity contribution in [3.05, 3.63) is 35.5 Å². The highest BCUT2D eigenvalue weighted by atomic mass is 32.2. The monoisotopic (exact) mass is 235 g/mol. The highest BCUT2D eigenvalue weighted by Crippen LogP contribution is 2.28. The molecule has 2 aromatic rings. The van der Waals surface area contributed by atoms with E-state index in [0.29, 0.717) is 11.8 Å². The van der Waals surface area contributed by atoms with Crippen molar-refractivity contribution in [2.45, 2.75) is 30.5 Å². The van der Waals surface area contributed by atoms with Gasteiger partial charge in [-0.2, -0.15) is 0 Å². The van der Waals surface area contributed by atoms with Crippen molar-refractivity contribution < 1.29 is 4.42 Å². The van der Waals surface area contributed by atoms with Crippen LogP contribution in [0.25, 0.3) is 0 Å². The molecule has 5 heteroatoms.